The van der Waals surface area contributed by atoms with Gasteiger partial charge in [0.2, 0.25) is 0 Å². The van der Waals surface area contributed by atoms with Gasteiger partial charge in [-0.15, -0.1) is 11.3 Å². The van der Waals surface area contributed by atoms with Crippen molar-refractivity contribution in [3.63, 3.8) is 0 Å². The van der Waals surface area contributed by atoms with E-state index in [1.807, 2.05) is 24.3 Å². The number of anilines is 1. The normalized spacial score (nSPS) is 15.5. The number of rotatable bonds is 2. The van der Waals surface area contributed by atoms with E-state index >= 15 is 0 Å². The Labute approximate surface area is 127 Å². The first-order valence-electron chi connectivity index (χ1n) is 6.96. The summed E-state index contributed by atoms with van der Waals surface area (Å²) in [5.41, 5.74) is 2.01. The monoisotopic (exact) mass is 296 g/mol. The highest BCUT2D eigenvalue weighted by Crippen LogP contribution is 2.31. The lowest BCUT2D eigenvalue weighted by Crippen LogP contribution is -2.36. The van der Waals surface area contributed by atoms with E-state index in [4.69, 9.17) is 9.72 Å². The molecule has 0 saturated carbocycles. The first kappa shape index (κ1) is 12.7. The topological polar surface area (TPSA) is 38.2 Å². The Bertz CT molecular complexity index is 751. The van der Waals surface area contributed by atoms with Crippen LogP contribution >= 0.6 is 11.3 Å². The van der Waals surface area contributed by atoms with Crippen molar-refractivity contribution in [3.8, 4) is 11.4 Å². The zero-order valence-electron chi connectivity index (χ0n) is 11.5. The molecule has 0 atom stereocenters. The summed E-state index contributed by atoms with van der Waals surface area (Å²) in [6, 6.07) is 12.9. The highest BCUT2D eigenvalue weighted by molar-refractivity contribution is 7.17. The number of fused-ring (bicyclic) bond motifs is 1. The maximum atomic E-state index is 5.44. The fourth-order valence-electron chi connectivity index (χ4n) is 2.50. The maximum absolute atomic E-state index is 5.44. The van der Waals surface area contributed by atoms with Crippen LogP contribution in [0.3, 0.4) is 0 Å². The van der Waals surface area contributed by atoms with Gasteiger partial charge in [0, 0.05) is 18.7 Å². The van der Waals surface area contributed by atoms with E-state index in [0.29, 0.717) is 0 Å². The molecule has 1 fully saturated rings. The van der Waals surface area contributed by atoms with Crippen LogP contribution in [-0.2, 0) is 4.74 Å². The highest BCUT2D eigenvalue weighted by atomic mass is 32.1. The van der Waals surface area contributed by atoms with E-state index in [-0.39, 0.29) is 0 Å². The molecule has 0 spiro atoms. The van der Waals surface area contributed by atoms with Crippen LogP contribution in [0.2, 0.25) is 0 Å². The number of aromatic nitrogens is 2. The first-order chi connectivity index (χ1) is 10.4. The molecule has 1 aromatic carbocycles. The molecule has 1 radical (unpaired) electrons. The third-order valence-corrected chi connectivity index (χ3v) is 4.46. The van der Waals surface area contributed by atoms with Gasteiger partial charge in [0.1, 0.15) is 0 Å². The quantitative estimate of drug-likeness (QED) is 0.728. The average Bonchev–Trinajstić information content (AvgIpc) is 3.04. The van der Waals surface area contributed by atoms with Crippen molar-refractivity contribution < 1.29 is 4.74 Å². The molecule has 0 bridgehead atoms. The third-order valence-electron chi connectivity index (χ3n) is 3.56. The number of morpholine rings is 1. The standard InChI is InChI=1S/C16H14N3OS/c1-2-4-12(5-3-1)15-17-13-6-11-21-14(13)16(18-15)19-7-9-20-10-8-19/h1-2,4-6,11H,7-10H2. The second-order valence-electron chi connectivity index (χ2n) is 4.90. The zero-order chi connectivity index (χ0) is 14.1. The predicted molar refractivity (Wildman–Crippen MR) is 84.7 cm³/mol. The van der Waals surface area contributed by atoms with E-state index < -0.39 is 0 Å². The summed E-state index contributed by atoms with van der Waals surface area (Å²) < 4.78 is 6.60. The van der Waals surface area contributed by atoms with E-state index in [9.17, 15) is 0 Å². The van der Waals surface area contributed by atoms with E-state index in [1.165, 1.54) is 0 Å². The Balaban J connectivity index is 1.86. The molecular formula is C16H14N3OS. The number of hydrogen-bond donors (Lipinski definition) is 0. The van der Waals surface area contributed by atoms with Gasteiger partial charge in [0.15, 0.2) is 11.6 Å². The van der Waals surface area contributed by atoms with Crippen molar-refractivity contribution in [1.29, 1.82) is 0 Å². The second kappa shape index (κ2) is 5.42. The molecule has 0 amide bonds. The third kappa shape index (κ3) is 2.39. The van der Waals surface area contributed by atoms with Gasteiger partial charge >= 0.3 is 0 Å². The molecule has 0 aliphatic carbocycles. The SMILES string of the molecule is [c]1cccc(-c2nc(N3CCOCC3)c3sccc3n2)c1. The van der Waals surface area contributed by atoms with Gasteiger partial charge in [0.25, 0.3) is 0 Å². The molecule has 4 rings (SSSR count). The van der Waals surface area contributed by atoms with Crippen LogP contribution in [0.1, 0.15) is 0 Å². The van der Waals surface area contributed by atoms with E-state index in [2.05, 4.69) is 27.4 Å². The molecular weight excluding hydrogens is 282 g/mol. The molecule has 0 N–H and O–H groups in total. The van der Waals surface area contributed by atoms with Gasteiger partial charge in [-0.2, -0.15) is 0 Å². The summed E-state index contributed by atoms with van der Waals surface area (Å²) in [5.74, 6) is 1.79. The van der Waals surface area contributed by atoms with Crippen LogP contribution in [0.5, 0.6) is 0 Å². The second-order valence-corrected chi connectivity index (χ2v) is 5.81. The smallest absolute Gasteiger partial charge is 0.162 e. The summed E-state index contributed by atoms with van der Waals surface area (Å²) in [4.78, 5) is 11.8. The lowest BCUT2D eigenvalue weighted by molar-refractivity contribution is 0.122. The first-order valence-corrected chi connectivity index (χ1v) is 7.84. The number of nitrogens with zero attached hydrogens (tertiary/aromatic N) is 3. The minimum Gasteiger partial charge on any atom is -0.378 e. The van der Waals surface area contributed by atoms with Gasteiger partial charge in [-0.1, -0.05) is 18.2 Å². The van der Waals surface area contributed by atoms with Gasteiger partial charge < -0.3 is 9.64 Å². The number of ether oxygens (including phenoxy) is 1. The lowest BCUT2D eigenvalue weighted by Gasteiger charge is -2.28. The van der Waals surface area contributed by atoms with Gasteiger partial charge in [-0.05, 0) is 23.6 Å². The molecule has 5 heteroatoms. The Kier molecular flexibility index (Phi) is 3.29. The van der Waals surface area contributed by atoms with Gasteiger partial charge in [-0.3, -0.25) is 0 Å². The number of hydrogen-bond acceptors (Lipinski definition) is 5. The molecule has 4 nitrogen and oxygen atoms in total. The fraction of sp³-hybridized carbons (Fsp3) is 0.250. The van der Waals surface area contributed by atoms with Crippen molar-refractivity contribution in [1.82, 2.24) is 9.97 Å². The molecule has 3 aromatic rings. The van der Waals surface area contributed by atoms with Crippen molar-refractivity contribution in [2.45, 2.75) is 0 Å². The Morgan fingerprint density at radius 2 is 2.10 bits per heavy atom. The minimum absolute atomic E-state index is 0.755. The van der Waals surface area contributed by atoms with Crippen molar-refractivity contribution in [3.05, 3.63) is 41.8 Å². The fourth-order valence-corrected chi connectivity index (χ4v) is 3.35. The molecule has 105 valence electrons. The number of thiophene rings is 1. The van der Waals surface area contributed by atoms with Crippen LogP contribution in [0.15, 0.2) is 35.7 Å². The molecule has 1 aliphatic rings. The Hall–Kier alpha value is -1.98. The lowest BCUT2D eigenvalue weighted by atomic mass is 10.2. The van der Waals surface area contributed by atoms with Crippen LogP contribution in [-0.4, -0.2) is 36.3 Å². The Morgan fingerprint density at radius 3 is 2.90 bits per heavy atom. The summed E-state index contributed by atoms with van der Waals surface area (Å²) in [5, 5.41) is 2.07. The molecule has 1 saturated heterocycles. The minimum atomic E-state index is 0.755. The highest BCUT2D eigenvalue weighted by Gasteiger charge is 2.18. The Morgan fingerprint density at radius 1 is 1.19 bits per heavy atom. The zero-order valence-corrected chi connectivity index (χ0v) is 12.3. The molecule has 0 unspecified atom stereocenters. The maximum Gasteiger partial charge on any atom is 0.162 e. The van der Waals surface area contributed by atoms with Crippen LogP contribution in [0.25, 0.3) is 21.6 Å². The van der Waals surface area contributed by atoms with Gasteiger partial charge in [-0.25, -0.2) is 9.97 Å². The number of benzene rings is 1. The van der Waals surface area contributed by atoms with Crippen molar-refractivity contribution in [2.24, 2.45) is 0 Å². The summed E-state index contributed by atoms with van der Waals surface area (Å²) in [6.45, 7) is 3.27. The van der Waals surface area contributed by atoms with Crippen LogP contribution in [0.4, 0.5) is 5.82 Å². The predicted octanol–water partition coefficient (Wildman–Crippen LogP) is 3.00. The summed E-state index contributed by atoms with van der Waals surface area (Å²) >= 11 is 1.70. The van der Waals surface area contributed by atoms with Crippen LogP contribution in [0, 0.1) is 6.07 Å². The van der Waals surface area contributed by atoms with E-state index in [1.54, 1.807) is 11.3 Å². The van der Waals surface area contributed by atoms with E-state index in [0.717, 1.165) is 53.7 Å². The average molecular weight is 296 g/mol. The molecule has 21 heavy (non-hydrogen) atoms. The molecule has 2 aromatic heterocycles. The molecule has 1 aliphatic heterocycles. The van der Waals surface area contributed by atoms with Gasteiger partial charge in [0.05, 0.1) is 23.4 Å². The molecule has 3 heterocycles. The largest absolute Gasteiger partial charge is 0.378 e. The van der Waals surface area contributed by atoms with Crippen molar-refractivity contribution in [2.75, 3.05) is 31.2 Å². The van der Waals surface area contributed by atoms with Crippen molar-refractivity contribution >= 4 is 27.4 Å². The summed E-state index contributed by atoms with van der Waals surface area (Å²) in [7, 11) is 0. The summed E-state index contributed by atoms with van der Waals surface area (Å²) in [6.07, 6.45) is 0. The van der Waals surface area contributed by atoms with Crippen LogP contribution < -0.4 is 4.90 Å².